The van der Waals surface area contributed by atoms with Crippen LogP contribution in [-0.2, 0) is 14.3 Å². The molecule has 1 unspecified atom stereocenters. The van der Waals surface area contributed by atoms with Crippen molar-refractivity contribution in [3.05, 3.63) is 0 Å². The average molecular weight is 323 g/mol. The summed E-state index contributed by atoms with van der Waals surface area (Å²) in [6.45, 7) is 2.64. The van der Waals surface area contributed by atoms with Gasteiger partial charge in [0.25, 0.3) is 5.24 Å². The topological polar surface area (TPSA) is 87.7 Å². The molecule has 0 aliphatic rings. The summed E-state index contributed by atoms with van der Waals surface area (Å²) in [5, 5.41) is 5.34. The molecule has 0 saturated heterocycles. The molecule has 1 atom stereocenters. The number of carbonyl (C=O) groups is 3. The highest BCUT2D eigenvalue weighted by Crippen LogP contribution is 2.25. The molecule has 0 saturated carbocycles. The molecule has 2 N–H and O–H groups in total. The van der Waals surface area contributed by atoms with Gasteiger partial charge >= 0.3 is 5.97 Å². The Bertz CT molecular complexity index is 342. The molecule has 0 aromatic rings. The van der Waals surface area contributed by atoms with Crippen LogP contribution in [-0.4, -0.2) is 68.1 Å². The van der Waals surface area contributed by atoms with Crippen LogP contribution in [0.25, 0.3) is 0 Å². The van der Waals surface area contributed by atoms with Gasteiger partial charge in [-0.25, -0.2) is 4.79 Å². The second-order valence-corrected chi connectivity index (χ2v) is 6.23. The Hall–Kier alpha value is -0.930. The molecule has 0 aliphatic carbocycles. The molecular formula is C11H21N3O4S2. The lowest BCUT2D eigenvalue weighted by atomic mass is 10.3. The largest absolute Gasteiger partial charge is 0.467 e. The molecule has 0 bridgehead atoms. The van der Waals surface area contributed by atoms with Gasteiger partial charge in [0.2, 0.25) is 5.91 Å². The van der Waals surface area contributed by atoms with Crippen molar-refractivity contribution in [3.63, 3.8) is 0 Å². The first-order chi connectivity index (χ1) is 9.42. The van der Waals surface area contributed by atoms with Gasteiger partial charge in [0, 0.05) is 43.6 Å². The minimum atomic E-state index is -0.745. The second-order valence-electron chi connectivity index (χ2n) is 3.94. The van der Waals surface area contributed by atoms with Crippen molar-refractivity contribution in [1.82, 2.24) is 15.5 Å². The molecule has 7 nitrogen and oxygen atoms in total. The Morgan fingerprint density at radius 3 is 2.50 bits per heavy atom. The van der Waals surface area contributed by atoms with E-state index in [9.17, 15) is 14.4 Å². The molecule has 116 valence electrons. The summed E-state index contributed by atoms with van der Waals surface area (Å²) in [4.78, 5) is 35.7. The van der Waals surface area contributed by atoms with Crippen LogP contribution in [0.15, 0.2) is 0 Å². The summed E-state index contributed by atoms with van der Waals surface area (Å²) in [6, 6.07) is -0.745. The number of ether oxygens (including phenoxy) is 1. The molecule has 0 heterocycles. The molecule has 0 aromatic carbocycles. The predicted octanol–water partition coefficient (Wildman–Crippen LogP) is 0.317. The standard InChI is InChI=1S/C11H21N3O4S2/c1-8(15)13-9(10(16)18-4)7-19-20-11(17)14(3)6-5-12-2/h9,12H,5-7H2,1-4H3,(H,13,15). The fourth-order valence-corrected chi connectivity index (χ4v) is 3.18. The number of nitrogens with zero attached hydrogens (tertiary/aromatic N) is 1. The molecule has 2 amide bonds. The number of esters is 1. The third kappa shape index (κ3) is 8.28. The van der Waals surface area contributed by atoms with E-state index in [0.29, 0.717) is 13.1 Å². The van der Waals surface area contributed by atoms with E-state index in [2.05, 4.69) is 15.4 Å². The number of methoxy groups -OCH3 is 1. The highest BCUT2D eigenvalue weighted by atomic mass is 33.1. The van der Waals surface area contributed by atoms with E-state index in [0.717, 1.165) is 10.8 Å². The van der Waals surface area contributed by atoms with Gasteiger partial charge in [-0.1, -0.05) is 10.8 Å². The number of carbonyl (C=O) groups excluding carboxylic acids is 3. The fraction of sp³-hybridized carbons (Fsp3) is 0.727. The Balaban J connectivity index is 4.13. The number of hydrogen-bond acceptors (Lipinski definition) is 7. The van der Waals surface area contributed by atoms with Gasteiger partial charge < -0.3 is 20.3 Å². The number of likely N-dealkylation sites (N-methyl/N-ethyl adjacent to an activating group) is 2. The lowest BCUT2D eigenvalue weighted by Gasteiger charge is -2.17. The maximum absolute atomic E-state index is 11.7. The fourth-order valence-electron chi connectivity index (χ4n) is 1.14. The highest BCUT2D eigenvalue weighted by molar-refractivity contribution is 8.82. The van der Waals surface area contributed by atoms with Gasteiger partial charge in [0.05, 0.1) is 7.11 Å². The number of nitrogens with one attached hydrogen (secondary N) is 2. The third-order valence-corrected chi connectivity index (χ3v) is 4.47. The van der Waals surface area contributed by atoms with Gasteiger partial charge in [-0.05, 0) is 7.05 Å². The first-order valence-electron chi connectivity index (χ1n) is 5.96. The zero-order valence-electron chi connectivity index (χ0n) is 12.1. The molecule has 0 spiro atoms. The van der Waals surface area contributed by atoms with Gasteiger partial charge in [-0.2, -0.15) is 0 Å². The van der Waals surface area contributed by atoms with Crippen molar-refractivity contribution in [1.29, 1.82) is 0 Å². The van der Waals surface area contributed by atoms with E-state index in [-0.39, 0.29) is 16.9 Å². The van der Waals surface area contributed by atoms with E-state index in [4.69, 9.17) is 0 Å². The summed E-state index contributed by atoms with van der Waals surface area (Å²) in [5.41, 5.74) is 0. The van der Waals surface area contributed by atoms with Gasteiger partial charge in [-0.15, -0.1) is 0 Å². The average Bonchev–Trinajstić information content (AvgIpc) is 2.41. The maximum Gasteiger partial charge on any atom is 0.329 e. The molecule has 0 rings (SSSR count). The van der Waals surface area contributed by atoms with Crippen molar-refractivity contribution in [3.8, 4) is 0 Å². The number of rotatable bonds is 8. The van der Waals surface area contributed by atoms with Crippen molar-refractivity contribution in [2.75, 3.05) is 40.0 Å². The summed E-state index contributed by atoms with van der Waals surface area (Å²) >= 11 is 0. The molecule has 0 fully saturated rings. The van der Waals surface area contributed by atoms with E-state index in [1.165, 1.54) is 24.8 Å². The molecule has 9 heteroatoms. The second kappa shape index (κ2) is 10.8. The molecular weight excluding hydrogens is 302 g/mol. The van der Waals surface area contributed by atoms with Crippen LogP contribution >= 0.6 is 21.6 Å². The lowest BCUT2D eigenvalue weighted by molar-refractivity contribution is -0.144. The SMILES string of the molecule is CNCCN(C)C(=O)SSCC(NC(C)=O)C(=O)OC. The van der Waals surface area contributed by atoms with Crippen LogP contribution in [0.5, 0.6) is 0 Å². The van der Waals surface area contributed by atoms with Gasteiger partial charge in [0.1, 0.15) is 6.04 Å². The Morgan fingerprint density at radius 2 is 2.00 bits per heavy atom. The minimum Gasteiger partial charge on any atom is -0.467 e. The first-order valence-corrected chi connectivity index (χ1v) is 8.28. The van der Waals surface area contributed by atoms with Gasteiger partial charge in [-0.3, -0.25) is 9.59 Å². The van der Waals surface area contributed by atoms with E-state index in [1.54, 1.807) is 11.9 Å². The Kier molecular flexibility index (Phi) is 10.3. The van der Waals surface area contributed by atoms with Crippen LogP contribution in [0.3, 0.4) is 0 Å². The van der Waals surface area contributed by atoms with Crippen LogP contribution < -0.4 is 10.6 Å². The number of amides is 2. The normalized spacial score (nSPS) is 11.6. The quantitative estimate of drug-likeness (QED) is 0.491. The third-order valence-electron chi connectivity index (χ3n) is 2.24. The van der Waals surface area contributed by atoms with Crippen LogP contribution in [0.2, 0.25) is 0 Å². The molecule has 0 aromatic heterocycles. The summed E-state index contributed by atoms with van der Waals surface area (Å²) < 4.78 is 4.59. The van der Waals surface area contributed by atoms with E-state index in [1.807, 2.05) is 7.05 Å². The van der Waals surface area contributed by atoms with Crippen molar-refractivity contribution < 1.29 is 19.1 Å². The number of hydrogen-bond donors (Lipinski definition) is 2. The van der Waals surface area contributed by atoms with Crippen molar-refractivity contribution in [2.45, 2.75) is 13.0 Å². The molecule has 0 radical (unpaired) electrons. The zero-order valence-corrected chi connectivity index (χ0v) is 13.7. The summed E-state index contributed by atoms with van der Waals surface area (Å²) in [7, 11) is 7.02. The Morgan fingerprint density at radius 1 is 1.35 bits per heavy atom. The van der Waals surface area contributed by atoms with Crippen LogP contribution in [0, 0.1) is 0 Å². The van der Waals surface area contributed by atoms with Crippen molar-refractivity contribution in [2.24, 2.45) is 0 Å². The lowest BCUT2D eigenvalue weighted by Crippen LogP contribution is -2.42. The predicted molar refractivity (Wildman–Crippen MR) is 81.6 cm³/mol. The summed E-state index contributed by atoms with van der Waals surface area (Å²) in [5.74, 6) is -0.574. The minimum absolute atomic E-state index is 0.100. The smallest absolute Gasteiger partial charge is 0.329 e. The monoisotopic (exact) mass is 323 g/mol. The van der Waals surface area contributed by atoms with E-state index < -0.39 is 12.0 Å². The first kappa shape index (κ1) is 19.1. The Labute approximate surface area is 126 Å². The van der Waals surface area contributed by atoms with Gasteiger partial charge in [0.15, 0.2) is 0 Å². The summed E-state index contributed by atoms with van der Waals surface area (Å²) in [6.07, 6.45) is 0. The van der Waals surface area contributed by atoms with Crippen LogP contribution in [0.1, 0.15) is 6.92 Å². The molecule has 0 aliphatic heterocycles. The highest BCUT2D eigenvalue weighted by Gasteiger charge is 2.21. The zero-order chi connectivity index (χ0) is 15.5. The molecule has 20 heavy (non-hydrogen) atoms. The van der Waals surface area contributed by atoms with Crippen molar-refractivity contribution >= 4 is 38.7 Å². The maximum atomic E-state index is 11.7. The van der Waals surface area contributed by atoms with E-state index >= 15 is 0 Å². The van der Waals surface area contributed by atoms with Crippen LogP contribution in [0.4, 0.5) is 4.79 Å².